The highest BCUT2D eigenvalue weighted by molar-refractivity contribution is 8.01. The maximum Gasteiger partial charge on any atom is 0.330 e. The predicted octanol–water partition coefficient (Wildman–Crippen LogP) is 2.90. The van der Waals surface area contributed by atoms with E-state index in [1.54, 1.807) is 18.3 Å². The van der Waals surface area contributed by atoms with Gasteiger partial charge in [-0.1, -0.05) is 42.5 Å². The summed E-state index contributed by atoms with van der Waals surface area (Å²) < 4.78 is 10.6. The van der Waals surface area contributed by atoms with E-state index in [0.29, 0.717) is 5.75 Å². The first-order chi connectivity index (χ1) is 16.8. The van der Waals surface area contributed by atoms with Crippen molar-refractivity contribution < 1.29 is 23.9 Å². The largest absolute Gasteiger partial charge is 0.484 e. The number of benzene rings is 2. The molecule has 180 valence electrons. The Kier molecular flexibility index (Phi) is 6.10. The van der Waals surface area contributed by atoms with Gasteiger partial charge < -0.3 is 19.7 Å². The highest BCUT2D eigenvalue weighted by Crippen LogP contribution is 2.51. The van der Waals surface area contributed by atoms with Crippen LogP contribution in [0.15, 0.2) is 66.9 Å². The molecule has 35 heavy (non-hydrogen) atoms. The Morgan fingerprint density at radius 2 is 1.86 bits per heavy atom. The molecule has 3 atom stereocenters. The van der Waals surface area contributed by atoms with E-state index in [1.165, 1.54) is 16.7 Å². The van der Waals surface area contributed by atoms with Crippen LogP contribution in [0.1, 0.15) is 19.4 Å². The topological polar surface area (TPSA) is 97.8 Å². The van der Waals surface area contributed by atoms with Gasteiger partial charge in [-0.15, -0.1) is 11.8 Å². The van der Waals surface area contributed by atoms with Gasteiger partial charge in [0.25, 0.3) is 5.91 Å². The molecular weight excluding hydrogens is 466 g/mol. The van der Waals surface area contributed by atoms with Crippen molar-refractivity contribution in [3.8, 4) is 5.75 Å². The van der Waals surface area contributed by atoms with Crippen molar-refractivity contribution in [2.75, 3.05) is 6.61 Å². The second-order valence-electron chi connectivity index (χ2n) is 9.01. The van der Waals surface area contributed by atoms with Crippen molar-refractivity contribution in [3.63, 3.8) is 0 Å². The average Bonchev–Trinajstić information content (AvgIpc) is 3.12. The Hall–Kier alpha value is -3.59. The van der Waals surface area contributed by atoms with E-state index in [9.17, 15) is 14.4 Å². The minimum Gasteiger partial charge on any atom is -0.484 e. The maximum atomic E-state index is 13.1. The molecule has 2 fully saturated rings. The number of β-lactam (4-membered cyclic amide) rings is 1. The van der Waals surface area contributed by atoms with Gasteiger partial charge in [0, 0.05) is 21.9 Å². The van der Waals surface area contributed by atoms with Crippen molar-refractivity contribution >= 4 is 40.4 Å². The third-order valence-corrected chi connectivity index (χ3v) is 7.75. The van der Waals surface area contributed by atoms with Crippen LogP contribution in [-0.2, 0) is 25.7 Å². The zero-order valence-electron chi connectivity index (χ0n) is 19.3. The Labute approximate surface area is 207 Å². The highest BCUT2D eigenvalue weighted by atomic mass is 32.2. The van der Waals surface area contributed by atoms with E-state index in [4.69, 9.17) is 9.47 Å². The molecule has 2 aliphatic rings. The van der Waals surface area contributed by atoms with E-state index >= 15 is 0 Å². The summed E-state index contributed by atoms with van der Waals surface area (Å²) in [7, 11) is 0. The van der Waals surface area contributed by atoms with Crippen LogP contribution < -0.4 is 10.1 Å². The second-order valence-corrected chi connectivity index (χ2v) is 10.8. The second kappa shape index (κ2) is 9.22. The quantitative estimate of drug-likeness (QED) is 0.401. The summed E-state index contributed by atoms with van der Waals surface area (Å²) in [4.78, 5) is 44.4. The number of hydrogen-bond acceptors (Lipinski definition) is 7. The maximum absolute atomic E-state index is 13.1. The molecule has 2 aromatic carbocycles. The Bertz CT molecular complexity index is 1280. The van der Waals surface area contributed by atoms with Crippen molar-refractivity contribution in [1.29, 1.82) is 0 Å². The third kappa shape index (κ3) is 4.43. The molecule has 1 N–H and O–H groups in total. The highest BCUT2D eigenvalue weighted by Gasteiger charge is 2.64. The number of nitrogens with zero attached hydrogens (tertiary/aromatic N) is 2. The normalized spacial score (nSPS) is 22.3. The van der Waals surface area contributed by atoms with E-state index in [0.717, 1.165) is 16.5 Å². The molecule has 0 saturated carbocycles. The van der Waals surface area contributed by atoms with Crippen LogP contribution >= 0.6 is 11.8 Å². The molecule has 0 spiro atoms. The van der Waals surface area contributed by atoms with Gasteiger partial charge in [-0.25, -0.2) is 4.79 Å². The van der Waals surface area contributed by atoms with Gasteiger partial charge in [0.2, 0.25) is 5.91 Å². The minimum atomic E-state index is -0.748. The zero-order chi connectivity index (χ0) is 24.6. The number of hydrogen-bond donors (Lipinski definition) is 1. The van der Waals surface area contributed by atoms with Gasteiger partial charge in [0.05, 0.1) is 5.52 Å². The lowest BCUT2D eigenvalue weighted by atomic mass is 9.96. The molecule has 2 amide bonds. The first-order valence-electron chi connectivity index (χ1n) is 11.3. The Balaban J connectivity index is 1.21. The van der Waals surface area contributed by atoms with E-state index in [1.807, 2.05) is 62.4 Å². The summed E-state index contributed by atoms with van der Waals surface area (Å²) in [6.45, 7) is 3.69. The molecule has 3 unspecified atom stereocenters. The molecular formula is C26H25N3O5S. The fourth-order valence-electron chi connectivity index (χ4n) is 4.52. The first-order valence-corrected chi connectivity index (χ1v) is 12.2. The number of nitrogens with one attached hydrogen (secondary N) is 1. The van der Waals surface area contributed by atoms with E-state index < -0.39 is 22.8 Å². The molecule has 5 rings (SSSR count). The van der Waals surface area contributed by atoms with Gasteiger partial charge in [0.1, 0.15) is 29.8 Å². The number of aromatic nitrogens is 1. The van der Waals surface area contributed by atoms with Gasteiger partial charge in [0.15, 0.2) is 6.61 Å². The molecule has 3 heterocycles. The van der Waals surface area contributed by atoms with Crippen LogP contribution in [0, 0.1) is 0 Å². The number of fused-ring (bicyclic) bond motifs is 2. The summed E-state index contributed by atoms with van der Waals surface area (Å²) in [5, 5.41) is 3.37. The fraction of sp³-hybridized carbons (Fsp3) is 0.308. The van der Waals surface area contributed by atoms with Crippen LogP contribution in [0.25, 0.3) is 10.9 Å². The standard InChI is InChI=1S/C26H25N3O5S/c1-26(2)22(25(32)34-14-17-9-6-8-16-10-7-13-27-20(16)17)29-23(31)21(24(29)35-26)28-19(30)15-33-18-11-4-3-5-12-18/h3-13,21-22,24H,14-15H2,1-2H3,(H,28,30). The minimum absolute atomic E-state index is 0.0636. The molecule has 9 heteroatoms. The Morgan fingerprint density at radius 3 is 2.66 bits per heavy atom. The molecule has 0 bridgehead atoms. The predicted molar refractivity (Wildman–Crippen MR) is 131 cm³/mol. The van der Waals surface area contributed by atoms with Crippen LogP contribution in [-0.4, -0.2) is 56.5 Å². The molecule has 1 aromatic heterocycles. The lowest BCUT2D eigenvalue weighted by molar-refractivity contribution is -0.165. The number of esters is 1. The first kappa shape index (κ1) is 23.2. The molecule has 8 nitrogen and oxygen atoms in total. The van der Waals surface area contributed by atoms with Gasteiger partial charge in [-0.2, -0.15) is 0 Å². The summed E-state index contributed by atoms with van der Waals surface area (Å²) >= 11 is 1.48. The number of amides is 2. The van der Waals surface area contributed by atoms with E-state index in [-0.39, 0.29) is 30.4 Å². The molecule has 2 saturated heterocycles. The number of para-hydroxylation sites is 2. The van der Waals surface area contributed by atoms with Crippen molar-refractivity contribution in [2.45, 2.75) is 42.7 Å². The SMILES string of the molecule is CC1(C)SC2C(NC(=O)COc3ccccc3)C(=O)N2C1C(=O)OCc1cccc2cccnc12. The summed E-state index contributed by atoms with van der Waals surface area (Å²) in [6, 6.07) is 17.1. The number of rotatable bonds is 7. The third-order valence-electron chi connectivity index (χ3n) is 6.18. The average molecular weight is 492 g/mol. The number of pyridine rings is 1. The monoisotopic (exact) mass is 491 g/mol. The van der Waals surface area contributed by atoms with E-state index in [2.05, 4.69) is 10.3 Å². The Morgan fingerprint density at radius 1 is 1.09 bits per heavy atom. The number of ether oxygens (including phenoxy) is 2. The smallest absolute Gasteiger partial charge is 0.330 e. The fourth-order valence-corrected chi connectivity index (χ4v) is 6.14. The zero-order valence-corrected chi connectivity index (χ0v) is 20.2. The van der Waals surface area contributed by atoms with Crippen LogP contribution in [0.5, 0.6) is 5.75 Å². The summed E-state index contributed by atoms with van der Waals surface area (Å²) in [5.74, 6) is -0.581. The number of thioether (sulfide) groups is 1. The summed E-state index contributed by atoms with van der Waals surface area (Å²) in [5.41, 5.74) is 1.58. The van der Waals surface area contributed by atoms with Gasteiger partial charge in [-0.05, 0) is 32.0 Å². The van der Waals surface area contributed by atoms with Crippen molar-refractivity contribution in [1.82, 2.24) is 15.2 Å². The lowest BCUT2D eigenvalue weighted by Crippen LogP contribution is -2.71. The number of carbonyl (C=O) groups excluding carboxylic acids is 3. The van der Waals surface area contributed by atoms with Crippen LogP contribution in [0.2, 0.25) is 0 Å². The number of carbonyl (C=O) groups is 3. The summed E-state index contributed by atoms with van der Waals surface area (Å²) in [6.07, 6.45) is 1.70. The molecule has 3 aromatic rings. The molecule has 0 aliphatic carbocycles. The van der Waals surface area contributed by atoms with Gasteiger partial charge in [-0.3, -0.25) is 14.6 Å². The lowest BCUT2D eigenvalue weighted by Gasteiger charge is -2.43. The molecule has 0 radical (unpaired) electrons. The van der Waals surface area contributed by atoms with Gasteiger partial charge >= 0.3 is 5.97 Å². The van der Waals surface area contributed by atoms with Crippen molar-refractivity contribution in [3.05, 3.63) is 72.4 Å². The van der Waals surface area contributed by atoms with Crippen LogP contribution in [0.3, 0.4) is 0 Å². The molecule has 2 aliphatic heterocycles. The van der Waals surface area contributed by atoms with Crippen molar-refractivity contribution in [2.24, 2.45) is 0 Å². The van der Waals surface area contributed by atoms with Crippen LogP contribution in [0.4, 0.5) is 0 Å².